The average molecular weight is 210 g/mol. The molecule has 86 valence electrons. The highest BCUT2D eigenvalue weighted by Gasteiger charge is 2.39. The Balaban J connectivity index is 2.00. The van der Waals surface area contributed by atoms with Crippen molar-refractivity contribution in [2.75, 3.05) is 19.6 Å². The molecule has 0 bridgehead atoms. The SMILES string of the molecule is CC1CCCN(C(=O)C2(C)CCCN2)C1. The van der Waals surface area contributed by atoms with Crippen LogP contribution in [0.5, 0.6) is 0 Å². The standard InChI is InChI=1S/C12H22N2O/c1-10-5-3-8-14(9-10)11(15)12(2)6-4-7-13-12/h10,13H,3-9H2,1-2H3. The molecule has 0 aromatic carbocycles. The lowest BCUT2D eigenvalue weighted by Crippen LogP contribution is -2.54. The van der Waals surface area contributed by atoms with Gasteiger partial charge in [0.1, 0.15) is 0 Å². The van der Waals surface area contributed by atoms with Gasteiger partial charge < -0.3 is 10.2 Å². The fraction of sp³-hybridized carbons (Fsp3) is 0.917. The van der Waals surface area contributed by atoms with Crippen molar-refractivity contribution in [3.05, 3.63) is 0 Å². The summed E-state index contributed by atoms with van der Waals surface area (Å²) in [7, 11) is 0. The Morgan fingerprint density at radius 2 is 2.27 bits per heavy atom. The predicted octanol–water partition coefficient (Wildman–Crippen LogP) is 1.39. The largest absolute Gasteiger partial charge is 0.341 e. The van der Waals surface area contributed by atoms with E-state index in [9.17, 15) is 4.79 Å². The van der Waals surface area contributed by atoms with Gasteiger partial charge in [0, 0.05) is 13.1 Å². The maximum atomic E-state index is 12.3. The van der Waals surface area contributed by atoms with Crippen LogP contribution >= 0.6 is 0 Å². The minimum absolute atomic E-state index is 0.267. The van der Waals surface area contributed by atoms with Crippen molar-refractivity contribution in [1.29, 1.82) is 0 Å². The molecule has 2 aliphatic rings. The lowest BCUT2D eigenvalue weighted by atomic mass is 9.94. The normalized spacial score (nSPS) is 36.9. The van der Waals surface area contributed by atoms with E-state index in [4.69, 9.17) is 0 Å². The van der Waals surface area contributed by atoms with E-state index in [-0.39, 0.29) is 5.54 Å². The smallest absolute Gasteiger partial charge is 0.242 e. The van der Waals surface area contributed by atoms with Crippen molar-refractivity contribution < 1.29 is 4.79 Å². The fourth-order valence-electron chi connectivity index (χ4n) is 2.80. The lowest BCUT2D eigenvalue weighted by Gasteiger charge is -2.36. The number of nitrogens with zero attached hydrogens (tertiary/aromatic N) is 1. The maximum Gasteiger partial charge on any atom is 0.242 e. The summed E-state index contributed by atoms with van der Waals surface area (Å²) in [6.45, 7) is 7.20. The van der Waals surface area contributed by atoms with E-state index in [1.165, 1.54) is 12.8 Å². The molecule has 3 nitrogen and oxygen atoms in total. The van der Waals surface area contributed by atoms with Crippen LogP contribution in [0, 0.1) is 5.92 Å². The molecule has 0 saturated carbocycles. The van der Waals surface area contributed by atoms with Gasteiger partial charge in [-0.05, 0) is 45.1 Å². The zero-order chi connectivity index (χ0) is 10.9. The number of carbonyl (C=O) groups is 1. The van der Waals surface area contributed by atoms with Crippen LogP contribution in [-0.2, 0) is 4.79 Å². The molecule has 0 aromatic rings. The van der Waals surface area contributed by atoms with Crippen LogP contribution in [-0.4, -0.2) is 36.0 Å². The first-order valence-corrected chi connectivity index (χ1v) is 6.16. The van der Waals surface area contributed by atoms with Gasteiger partial charge in [-0.3, -0.25) is 4.79 Å². The van der Waals surface area contributed by atoms with Gasteiger partial charge in [0.05, 0.1) is 5.54 Å². The molecule has 3 heteroatoms. The molecule has 15 heavy (non-hydrogen) atoms. The molecule has 0 spiro atoms. The van der Waals surface area contributed by atoms with E-state index in [0.717, 1.165) is 32.5 Å². The summed E-state index contributed by atoms with van der Waals surface area (Å²) in [4.78, 5) is 14.4. The first kappa shape index (κ1) is 10.9. The zero-order valence-electron chi connectivity index (χ0n) is 9.88. The topological polar surface area (TPSA) is 32.3 Å². The van der Waals surface area contributed by atoms with Gasteiger partial charge in [0.15, 0.2) is 0 Å². The van der Waals surface area contributed by atoms with E-state index < -0.39 is 0 Å². The van der Waals surface area contributed by atoms with Gasteiger partial charge in [-0.1, -0.05) is 6.92 Å². The Morgan fingerprint density at radius 3 is 2.87 bits per heavy atom. The Bertz CT molecular complexity index is 246. The molecule has 0 radical (unpaired) electrons. The van der Waals surface area contributed by atoms with Gasteiger partial charge in [0.25, 0.3) is 0 Å². The molecular formula is C12H22N2O. The number of likely N-dealkylation sites (tertiary alicyclic amines) is 1. The molecule has 2 aliphatic heterocycles. The second kappa shape index (κ2) is 4.12. The first-order chi connectivity index (χ1) is 7.12. The fourth-order valence-corrected chi connectivity index (χ4v) is 2.80. The van der Waals surface area contributed by atoms with Crippen molar-refractivity contribution in [1.82, 2.24) is 10.2 Å². The third-order valence-corrected chi connectivity index (χ3v) is 3.78. The zero-order valence-corrected chi connectivity index (χ0v) is 9.88. The summed E-state index contributed by atoms with van der Waals surface area (Å²) in [5.74, 6) is 0.999. The highest BCUT2D eigenvalue weighted by molar-refractivity contribution is 5.86. The predicted molar refractivity (Wildman–Crippen MR) is 60.6 cm³/mol. The second-order valence-corrected chi connectivity index (χ2v) is 5.36. The van der Waals surface area contributed by atoms with Gasteiger partial charge in [-0.15, -0.1) is 0 Å². The molecule has 2 unspecified atom stereocenters. The molecule has 2 fully saturated rings. The van der Waals surface area contributed by atoms with Crippen molar-refractivity contribution in [2.45, 2.75) is 45.1 Å². The van der Waals surface area contributed by atoms with Crippen LogP contribution in [0.25, 0.3) is 0 Å². The number of carbonyl (C=O) groups excluding carboxylic acids is 1. The van der Waals surface area contributed by atoms with Gasteiger partial charge in [-0.25, -0.2) is 0 Å². The van der Waals surface area contributed by atoms with Crippen LogP contribution < -0.4 is 5.32 Å². The van der Waals surface area contributed by atoms with Crippen molar-refractivity contribution in [3.8, 4) is 0 Å². The summed E-state index contributed by atoms with van der Waals surface area (Å²) in [5, 5.41) is 3.35. The number of nitrogens with one attached hydrogen (secondary N) is 1. The number of amides is 1. The van der Waals surface area contributed by atoms with E-state index in [1.54, 1.807) is 0 Å². The minimum atomic E-state index is -0.267. The van der Waals surface area contributed by atoms with Gasteiger partial charge >= 0.3 is 0 Å². The monoisotopic (exact) mass is 210 g/mol. The molecule has 1 N–H and O–H groups in total. The van der Waals surface area contributed by atoms with E-state index in [2.05, 4.69) is 24.1 Å². The number of hydrogen-bond acceptors (Lipinski definition) is 2. The quantitative estimate of drug-likeness (QED) is 0.709. The van der Waals surface area contributed by atoms with Crippen molar-refractivity contribution in [3.63, 3.8) is 0 Å². The Labute approximate surface area is 92.2 Å². The van der Waals surface area contributed by atoms with E-state index >= 15 is 0 Å². The molecule has 2 rings (SSSR count). The minimum Gasteiger partial charge on any atom is -0.341 e. The molecule has 0 aliphatic carbocycles. The van der Waals surface area contributed by atoms with Crippen LogP contribution in [0.4, 0.5) is 0 Å². The molecule has 2 saturated heterocycles. The third kappa shape index (κ3) is 2.17. The summed E-state index contributed by atoms with van der Waals surface area (Å²) in [6.07, 6.45) is 4.57. The highest BCUT2D eigenvalue weighted by Crippen LogP contribution is 2.24. The first-order valence-electron chi connectivity index (χ1n) is 6.16. The average Bonchev–Trinajstić information content (AvgIpc) is 2.65. The molecule has 0 aromatic heterocycles. The van der Waals surface area contributed by atoms with Crippen LogP contribution in [0.15, 0.2) is 0 Å². The number of piperidine rings is 1. The van der Waals surface area contributed by atoms with Crippen LogP contribution in [0.2, 0.25) is 0 Å². The Morgan fingerprint density at radius 1 is 1.47 bits per heavy atom. The van der Waals surface area contributed by atoms with Crippen LogP contribution in [0.3, 0.4) is 0 Å². The van der Waals surface area contributed by atoms with Gasteiger partial charge in [-0.2, -0.15) is 0 Å². The molecule has 2 atom stereocenters. The summed E-state index contributed by atoms with van der Waals surface area (Å²) >= 11 is 0. The molecule has 2 heterocycles. The van der Waals surface area contributed by atoms with Crippen LogP contribution in [0.1, 0.15) is 39.5 Å². The highest BCUT2D eigenvalue weighted by atomic mass is 16.2. The van der Waals surface area contributed by atoms with E-state index in [1.807, 2.05) is 0 Å². The Kier molecular flexibility index (Phi) is 3.01. The second-order valence-electron chi connectivity index (χ2n) is 5.36. The molecule has 1 amide bonds. The van der Waals surface area contributed by atoms with Crippen molar-refractivity contribution in [2.24, 2.45) is 5.92 Å². The van der Waals surface area contributed by atoms with Gasteiger partial charge in [0.2, 0.25) is 5.91 Å². The number of hydrogen-bond donors (Lipinski definition) is 1. The summed E-state index contributed by atoms with van der Waals surface area (Å²) < 4.78 is 0. The summed E-state index contributed by atoms with van der Waals surface area (Å²) in [5.41, 5.74) is -0.267. The van der Waals surface area contributed by atoms with Crippen molar-refractivity contribution >= 4 is 5.91 Å². The number of rotatable bonds is 1. The third-order valence-electron chi connectivity index (χ3n) is 3.78. The Hall–Kier alpha value is -0.570. The lowest BCUT2D eigenvalue weighted by molar-refractivity contribution is -0.138. The molecular weight excluding hydrogens is 188 g/mol. The van der Waals surface area contributed by atoms with E-state index in [0.29, 0.717) is 11.8 Å². The summed E-state index contributed by atoms with van der Waals surface area (Å²) in [6, 6.07) is 0. The maximum absolute atomic E-state index is 12.3.